The van der Waals surface area contributed by atoms with E-state index >= 15 is 0 Å². The second-order valence-electron chi connectivity index (χ2n) is 8.04. The van der Waals surface area contributed by atoms with Crippen molar-refractivity contribution < 1.29 is 13.2 Å². The number of hydrogen-bond acceptors (Lipinski definition) is 5. The van der Waals surface area contributed by atoms with Gasteiger partial charge in [0, 0.05) is 31.4 Å². The third-order valence-corrected chi connectivity index (χ3v) is 8.49. The molecule has 0 bridgehead atoms. The predicted octanol–water partition coefficient (Wildman–Crippen LogP) is 3.49. The van der Waals surface area contributed by atoms with E-state index in [4.69, 9.17) is 0 Å². The van der Waals surface area contributed by atoms with Crippen molar-refractivity contribution in [2.45, 2.75) is 30.6 Å². The van der Waals surface area contributed by atoms with Crippen molar-refractivity contribution in [1.29, 1.82) is 0 Å². The summed E-state index contributed by atoms with van der Waals surface area (Å²) in [5, 5.41) is 5.96. The number of sulfonamides is 1. The van der Waals surface area contributed by atoms with Crippen molar-refractivity contribution in [3.63, 3.8) is 0 Å². The molecule has 32 heavy (non-hydrogen) atoms. The van der Waals surface area contributed by atoms with Gasteiger partial charge in [0.05, 0.1) is 22.0 Å². The van der Waals surface area contributed by atoms with Crippen LogP contribution in [0, 0.1) is 5.92 Å². The van der Waals surface area contributed by atoms with Crippen LogP contribution in [-0.4, -0.2) is 43.2 Å². The van der Waals surface area contributed by atoms with E-state index in [0.717, 1.165) is 30.0 Å². The predicted molar refractivity (Wildman–Crippen MR) is 126 cm³/mol. The van der Waals surface area contributed by atoms with Crippen LogP contribution >= 0.6 is 11.3 Å². The van der Waals surface area contributed by atoms with Crippen LogP contribution in [0.4, 0.5) is 0 Å². The Hall–Kier alpha value is -2.55. The smallest absolute Gasteiger partial charge is 0.243 e. The zero-order chi connectivity index (χ0) is 22.4. The SMILES string of the molecule is O=C(Cc1csc(Cc2ccccc2)n1)NCC1CCN(S(=O)(=O)c2ccccc2)CC1. The largest absolute Gasteiger partial charge is 0.355 e. The van der Waals surface area contributed by atoms with E-state index in [-0.39, 0.29) is 18.2 Å². The fourth-order valence-corrected chi connectivity index (χ4v) is 6.18. The first-order chi connectivity index (χ1) is 15.5. The third kappa shape index (κ3) is 5.82. The van der Waals surface area contributed by atoms with Crippen LogP contribution in [0.25, 0.3) is 0 Å². The third-order valence-electron chi connectivity index (χ3n) is 5.68. The van der Waals surface area contributed by atoms with Gasteiger partial charge in [-0.3, -0.25) is 4.79 Å². The Kier molecular flexibility index (Phi) is 7.34. The number of carbonyl (C=O) groups is 1. The van der Waals surface area contributed by atoms with E-state index in [1.807, 2.05) is 29.6 Å². The molecule has 0 spiro atoms. The van der Waals surface area contributed by atoms with E-state index in [1.165, 1.54) is 5.56 Å². The molecule has 4 rings (SSSR count). The second kappa shape index (κ2) is 10.4. The van der Waals surface area contributed by atoms with Gasteiger partial charge in [-0.2, -0.15) is 4.31 Å². The van der Waals surface area contributed by atoms with Crippen molar-refractivity contribution in [1.82, 2.24) is 14.6 Å². The second-order valence-corrected chi connectivity index (χ2v) is 10.9. The molecule has 1 fully saturated rings. The van der Waals surface area contributed by atoms with Crippen LogP contribution < -0.4 is 5.32 Å². The molecule has 1 aliphatic heterocycles. The van der Waals surface area contributed by atoms with Gasteiger partial charge in [0.1, 0.15) is 0 Å². The lowest BCUT2D eigenvalue weighted by Gasteiger charge is -2.31. The number of rotatable bonds is 8. The van der Waals surface area contributed by atoms with Gasteiger partial charge in [-0.1, -0.05) is 48.5 Å². The van der Waals surface area contributed by atoms with Crippen LogP contribution in [0.2, 0.25) is 0 Å². The molecule has 1 aliphatic rings. The number of amides is 1. The van der Waals surface area contributed by atoms with Crippen LogP contribution in [-0.2, 0) is 27.7 Å². The first-order valence-electron chi connectivity index (χ1n) is 10.8. The number of thiazole rings is 1. The highest BCUT2D eigenvalue weighted by Crippen LogP contribution is 2.23. The molecule has 0 radical (unpaired) electrons. The minimum Gasteiger partial charge on any atom is -0.355 e. The molecule has 2 aromatic carbocycles. The summed E-state index contributed by atoms with van der Waals surface area (Å²) >= 11 is 1.58. The highest BCUT2D eigenvalue weighted by atomic mass is 32.2. The number of nitrogens with zero attached hydrogens (tertiary/aromatic N) is 2. The molecule has 0 unspecified atom stereocenters. The molecule has 168 valence electrons. The van der Waals surface area contributed by atoms with Gasteiger partial charge < -0.3 is 5.32 Å². The molecule has 0 atom stereocenters. The quantitative estimate of drug-likeness (QED) is 0.548. The van der Waals surface area contributed by atoms with Gasteiger partial charge in [0.2, 0.25) is 15.9 Å². The minimum atomic E-state index is -3.44. The van der Waals surface area contributed by atoms with E-state index in [2.05, 4.69) is 22.4 Å². The van der Waals surface area contributed by atoms with Gasteiger partial charge in [-0.05, 0) is 36.5 Å². The highest BCUT2D eigenvalue weighted by Gasteiger charge is 2.29. The Morgan fingerprint density at radius 1 is 1.03 bits per heavy atom. The molecule has 1 N–H and O–H groups in total. The summed E-state index contributed by atoms with van der Waals surface area (Å²) in [7, 11) is -3.44. The Morgan fingerprint density at radius 2 is 1.69 bits per heavy atom. The molecule has 2 heterocycles. The summed E-state index contributed by atoms with van der Waals surface area (Å²) in [5.41, 5.74) is 2.00. The zero-order valence-electron chi connectivity index (χ0n) is 17.8. The maximum absolute atomic E-state index is 12.7. The van der Waals surface area contributed by atoms with E-state index in [1.54, 1.807) is 39.9 Å². The number of nitrogens with one attached hydrogen (secondary N) is 1. The van der Waals surface area contributed by atoms with Gasteiger partial charge in [-0.15, -0.1) is 11.3 Å². The average molecular weight is 470 g/mol. The van der Waals surface area contributed by atoms with Crippen LogP contribution in [0.5, 0.6) is 0 Å². The minimum absolute atomic E-state index is 0.0408. The fraction of sp³-hybridized carbons (Fsp3) is 0.333. The molecule has 6 nitrogen and oxygen atoms in total. The molecule has 1 aromatic heterocycles. The van der Waals surface area contributed by atoms with Crippen LogP contribution in [0.3, 0.4) is 0 Å². The van der Waals surface area contributed by atoms with Crippen LogP contribution in [0.15, 0.2) is 70.9 Å². The molecule has 3 aromatic rings. The number of hydrogen-bond donors (Lipinski definition) is 1. The van der Waals surface area contributed by atoms with E-state index in [9.17, 15) is 13.2 Å². The molecular formula is C24H27N3O3S2. The maximum atomic E-state index is 12.7. The van der Waals surface area contributed by atoms with Gasteiger partial charge in [0.25, 0.3) is 0 Å². The Labute approximate surface area is 193 Å². The Balaban J connectivity index is 1.21. The number of piperidine rings is 1. The monoisotopic (exact) mass is 469 g/mol. The van der Waals surface area contributed by atoms with E-state index in [0.29, 0.717) is 24.5 Å². The first kappa shape index (κ1) is 22.6. The first-order valence-corrected chi connectivity index (χ1v) is 13.1. The summed E-state index contributed by atoms with van der Waals surface area (Å²) in [6.07, 6.45) is 2.53. The highest BCUT2D eigenvalue weighted by molar-refractivity contribution is 7.89. The summed E-state index contributed by atoms with van der Waals surface area (Å²) in [4.78, 5) is 17.3. The summed E-state index contributed by atoms with van der Waals surface area (Å²) in [5.74, 6) is 0.242. The summed E-state index contributed by atoms with van der Waals surface area (Å²) in [6, 6.07) is 18.7. The van der Waals surface area contributed by atoms with Crippen molar-refractivity contribution in [3.05, 3.63) is 82.3 Å². The molecule has 0 aliphatic carbocycles. The molecule has 0 saturated carbocycles. The molecular weight excluding hydrogens is 442 g/mol. The van der Waals surface area contributed by atoms with Crippen molar-refractivity contribution >= 4 is 27.3 Å². The normalized spacial score (nSPS) is 15.5. The molecule has 8 heteroatoms. The summed E-state index contributed by atoms with van der Waals surface area (Å²) in [6.45, 7) is 1.53. The fourth-order valence-electron chi connectivity index (χ4n) is 3.86. The van der Waals surface area contributed by atoms with Gasteiger partial charge in [0.15, 0.2) is 0 Å². The van der Waals surface area contributed by atoms with Crippen molar-refractivity contribution in [2.75, 3.05) is 19.6 Å². The van der Waals surface area contributed by atoms with Crippen molar-refractivity contribution in [2.24, 2.45) is 5.92 Å². The lowest BCUT2D eigenvalue weighted by atomic mass is 9.98. The molecule has 1 saturated heterocycles. The Morgan fingerprint density at radius 3 is 2.38 bits per heavy atom. The van der Waals surface area contributed by atoms with E-state index < -0.39 is 10.0 Å². The zero-order valence-corrected chi connectivity index (χ0v) is 19.4. The Bertz CT molecular complexity index is 1120. The van der Waals surface area contributed by atoms with Gasteiger partial charge in [-0.25, -0.2) is 13.4 Å². The lowest BCUT2D eigenvalue weighted by molar-refractivity contribution is -0.120. The topological polar surface area (TPSA) is 79.4 Å². The average Bonchev–Trinajstić information content (AvgIpc) is 3.25. The van der Waals surface area contributed by atoms with Crippen LogP contribution in [0.1, 0.15) is 29.1 Å². The van der Waals surface area contributed by atoms with Gasteiger partial charge >= 0.3 is 0 Å². The number of carbonyl (C=O) groups excluding carboxylic acids is 1. The maximum Gasteiger partial charge on any atom is 0.243 e. The number of benzene rings is 2. The standard InChI is InChI=1S/C24H27N3O3S2/c28-23(16-21-18-31-24(26-21)15-19-7-3-1-4-8-19)25-17-20-11-13-27(14-12-20)32(29,30)22-9-5-2-6-10-22/h1-10,18,20H,11-17H2,(H,25,28). The summed E-state index contributed by atoms with van der Waals surface area (Å²) < 4.78 is 27.0. The number of aromatic nitrogens is 1. The molecule has 1 amide bonds. The van der Waals surface area contributed by atoms with Crippen molar-refractivity contribution in [3.8, 4) is 0 Å². The lowest BCUT2D eigenvalue weighted by Crippen LogP contribution is -2.41.